The van der Waals surface area contributed by atoms with Crippen molar-refractivity contribution in [1.82, 2.24) is 19.2 Å². The molecule has 4 unspecified atom stereocenters. The number of carbonyl (C=O) groups excluding carboxylic acids is 1. The zero-order valence-corrected chi connectivity index (χ0v) is 19.7. The van der Waals surface area contributed by atoms with E-state index >= 15 is 0 Å². The van der Waals surface area contributed by atoms with Crippen molar-refractivity contribution in [3.8, 4) is 11.3 Å². The topological polar surface area (TPSA) is 59.1 Å². The molecule has 2 aromatic heterocycles. The normalized spacial score (nSPS) is 30.5. The molecule has 34 heavy (non-hydrogen) atoms. The van der Waals surface area contributed by atoms with Gasteiger partial charge in [0.25, 0.3) is 0 Å². The van der Waals surface area contributed by atoms with E-state index in [1.54, 1.807) is 0 Å². The van der Waals surface area contributed by atoms with Crippen LogP contribution in [0.15, 0.2) is 48.7 Å². The quantitative estimate of drug-likeness (QED) is 0.539. The molecule has 0 aliphatic carbocycles. The monoisotopic (exact) mass is 478 g/mol. The van der Waals surface area contributed by atoms with E-state index < -0.39 is 0 Å². The van der Waals surface area contributed by atoms with E-state index in [0.717, 1.165) is 55.3 Å². The Balaban J connectivity index is 1.20. The van der Waals surface area contributed by atoms with Crippen LogP contribution in [-0.4, -0.2) is 76.2 Å². The molecule has 0 radical (unpaired) electrons. The van der Waals surface area contributed by atoms with Crippen LogP contribution in [0, 0.1) is 11.8 Å². The van der Waals surface area contributed by atoms with Gasteiger partial charge in [-0.25, -0.2) is 4.98 Å². The first-order valence-electron chi connectivity index (χ1n) is 12.1. The van der Waals surface area contributed by atoms with Crippen molar-refractivity contribution in [3.05, 3.63) is 59.4 Å². The number of hydrogen-bond acceptors (Lipinski definition) is 5. The van der Waals surface area contributed by atoms with Crippen LogP contribution < -0.4 is 0 Å². The van der Waals surface area contributed by atoms with Gasteiger partial charge in [-0.3, -0.25) is 9.69 Å². The molecule has 4 fully saturated rings. The molecular formula is C26H27ClN4O3. The second-order valence-electron chi connectivity index (χ2n) is 10.0. The fraction of sp³-hybridized carbons (Fsp3) is 0.462. The van der Waals surface area contributed by atoms with E-state index in [0.29, 0.717) is 30.8 Å². The number of imidazole rings is 1. The van der Waals surface area contributed by atoms with E-state index in [-0.39, 0.29) is 23.4 Å². The Kier molecular flexibility index (Phi) is 4.78. The number of hydrogen-bond donors (Lipinski definition) is 0. The number of rotatable bonds is 4. The van der Waals surface area contributed by atoms with Crippen LogP contribution >= 0.6 is 11.6 Å². The minimum absolute atomic E-state index is 0.00459. The smallest absolute Gasteiger partial charge is 0.229 e. The van der Waals surface area contributed by atoms with Crippen LogP contribution in [0.25, 0.3) is 16.9 Å². The summed E-state index contributed by atoms with van der Waals surface area (Å²) >= 11 is 6.15. The Morgan fingerprint density at radius 3 is 2.82 bits per heavy atom. The van der Waals surface area contributed by atoms with Crippen LogP contribution in [-0.2, 0) is 20.8 Å². The third kappa shape index (κ3) is 3.07. The zero-order valence-electron chi connectivity index (χ0n) is 18.9. The maximum absolute atomic E-state index is 13.3. The summed E-state index contributed by atoms with van der Waals surface area (Å²) in [5, 5.41) is 0.717. The summed E-state index contributed by atoms with van der Waals surface area (Å²) in [6.07, 6.45) is 2.91. The lowest BCUT2D eigenvalue weighted by molar-refractivity contribution is -0.131. The Bertz CT molecular complexity index is 1250. The molecule has 4 aliphatic heterocycles. The Morgan fingerprint density at radius 1 is 1.12 bits per heavy atom. The molecule has 0 N–H and O–H groups in total. The molecule has 4 aliphatic rings. The highest BCUT2D eigenvalue weighted by atomic mass is 35.5. The molecule has 7 nitrogen and oxygen atoms in total. The summed E-state index contributed by atoms with van der Waals surface area (Å²) in [4.78, 5) is 22.9. The van der Waals surface area contributed by atoms with Crippen molar-refractivity contribution < 1.29 is 14.3 Å². The second-order valence-corrected chi connectivity index (χ2v) is 10.5. The molecule has 0 saturated carbocycles. The van der Waals surface area contributed by atoms with Crippen molar-refractivity contribution in [2.75, 3.05) is 39.5 Å². The van der Waals surface area contributed by atoms with Crippen molar-refractivity contribution in [1.29, 1.82) is 0 Å². The molecule has 4 atom stereocenters. The number of benzene rings is 1. The number of carbonyl (C=O) groups is 1. The van der Waals surface area contributed by atoms with Gasteiger partial charge < -0.3 is 18.8 Å². The molecular weight excluding hydrogens is 452 g/mol. The summed E-state index contributed by atoms with van der Waals surface area (Å²) in [6.45, 7) is 5.18. The highest BCUT2D eigenvalue weighted by molar-refractivity contribution is 6.30. The first-order chi connectivity index (χ1) is 16.6. The predicted octanol–water partition coefficient (Wildman–Crippen LogP) is 3.10. The van der Waals surface area contributed by atoms with Gasteiger partial charge in [-0.05, 0) is 30.7 Å². The van der Waals surface area contributed by atoms with Gasteiger partial charge >= 0.3 is 0 Å². The van der Waals surface area contributed by atoms with E-state index in [2.05, 4.69) is 20.4 Å². The van der Waals surface area contributed by atoms with Gasteiger partial charge in [-0.2, -0.15) is 0 Å². The van der Waals surface area contributed by atoms with Gasteiger partial charge in [0.2, 0.25) is 5.91 Å². The molecule has 0 bridgehead atoms. The lowest BCUT2D eigenvalue weighted by Gasteiger charge is -2.22. The van der Waals surface area contributed by atoms with Crippen molar-refractivity contribution in [3.63, 3.8) is 0 Å². The number of amides is 1. The van der Waals surface area contributed by atoms with Crippen LogP contribution in [0.5, 0.6) is 0 Å². The summed E-state index contributed by atoms with van der Waals surface area (Å²) in [7, 11) is 0. The van der Waals surface area contributed by atoms with Crippen LogP contribution in [0.4, 0.5) is 0 Å². The minimum Gasteiger partial charge on any atom is -0.381 e. The Labute approximate surface area is 203 Å². The van der Waals surface area contributed by atoms with Crippen molar-refractivity contribution in [2.24, 2.45) is 11.8 Å². The largest absolute Gasteiger partial charge is 0.381 e. The first kappa shape index (κ1) is 20.9. The van der Waals surface area contributed by atoms with Gasteiger partial charge in [0.15, 0.2) is 0 Å². The Morgan fingerprint density at radius 2 is 2.00 bits per heavy atom. The summed E-state index contributed by atoms with van der Waals surface area (Å²) < 4.78 is 13.6. The second kappa shape index (κ2) is 7.78. The van der Waals surface area contributed by atoms with E-state index in [9.17, 15) is 4.79 Å². The van der Waals surface area contributed by atoms with Gasteiger partial charge in [0.1, 0.15) is 5.65 Å². The van der Waals surface area contributed by atoms with Crippen LogP contribution in [0.3, 0.4) is 0 Å². The predicted molar refractivity (Wildman–Crippen MR) is 128 cm³/mol. The molecule has 176 valence electrons. The standard InChI is InChI=1S/C26H27ClN4O3/c27-20-6-4-17(5-7-20)24-21(30-9-2-1-3-23(30)28-24)12-29-11-19-14-34-15-22-26(19,16-29)31(22)25(32)18-8-10-33-13-18/h1-7,9,18-19,22H,8,10-16H2. The fourth-order valence-corrected chi connectivity index (χ4v) is 6.60. The molecule has 7 rings (SSSR count). The van der Waals surface area contributed by atoms with Crippen LogP contribution in [0.2, 0.25) is 5.02 Å². The molecule has 1 aromatic carbocycles. The van der Waals surface area contributed by atoms with Gasteiger partial charge in [0, 0.05) is 48.9 Å². The average Bonchev–Trinajstić information content (AvgIpc) is 3.26. The number of pyridine rings is 1. The Hall–Kier alpha value is -2.45. The minimum atomic E-state index is -0.0845. The first-order valence-corrected chi connectivity index (χ1v) is 12.5. The van der Waals surface area contributed by atoms with Crippen molar-refractivity contribution in [2.45, 2.75) is 24.5 Å². The maximum Gasteiger partial charge on any atom is 0.229 e. The average molecular weight is 479 g/mol. The molecule has 8 heteroatoms. The zero-order chi connectivity index (χ0) is 22.9. The number of aromatic nitrogens is 2. The number of likely N-dealkylation sites (tertiary alicyclic amines) is 1. The third-order valence-corrected chi connectivity index (χ3v) is 8.41. The fourth-order valence-electron chi connectivity index (χ4n) is 6.47. The van der Waals surface area contributed by atoms with Gasteiger partial charge in [-0.15, -0.1) is 0 Å². The number of fused-ring (bicyclic) bond motifs is 1. The SMILES string of the molecule is O=C(C1CCOC1)N1C2COCC3CN(Cc4c(-c5ccc(Cl)cc5)nc5ccccn45)CC321. The maximum atomic E-state index is 13.3. The lowest BCUT2D eigenvalue weighted by Crippen LogP contribution is -2.38. The molecule has 3 aromatic rings. The molecule has 1 spiro atoms. The van der Waals surface area contributed by atoms with E-state index in [4.69, 9.17) is 26.1 Å². The van der Waals surface area contributed by atoms with Crippen molar-refractivity contribution >= 4 is 23.2 Å². The molecule has 4 saturated heterocycles. The summed E-state index contributed by atoms with van der Waals surface area (Å²) in [6, 6.07) is 14.2. The van der Waals surface area contributed by atoms with Gasteiger partial charge in [0.05, 0.1) is 48.7 Å². The summed E-state index contributed by atoms with van der Waals surface area (Å²) in [5.41, 5.74) is 4.05. The summed E-state index contributed by atoms with van der Waals surface area (Å²) in [5.74, 6) is 0.608. The third-order valence-electron chi connectivity index (χ3n) is 8.16. The molecule has 6 heterocycles. The number of ether oxygens (including phenoxy) is 2. The van der Waals surface area contributed by atoms with Gasteiger partial charge in [-0.1, -0.05) is 29.8 Å². The van der Waals surface area contributed by atoms with E-state index in [1.807, 2.05) is 42.5 Å². The number of halogens is 1. The highest BCUT2D eigenvalue weighted by Crippen LogP contribution is 2.55. The van der Waals surface area contributed by atoms with Crippen LogP contribution in [0.1, 0.15) is 12.1 Å². The molecule has 1 amide bonds. The number of nitrogens with zero attached hydrogens (tertiary/aromatic N) is 4. The lowest BCUT2D eigenvalue weighted by atomic mass is 9.91. The highest BCUT2D eigenvalue weighted by Gasteiger charge is 2.73. The van der Waals surface area contributed by atoms with E-state index in [1.165, 1.54) is 0 Å².